The third-order valence-corrected chi connectivity index (χ3v) is 6.95. The summed E-state index contributed by atoms with van der Waals surface area (Å²) >= 11 is 1.97. The van der Waals surface area contributed by atoms with Crippen LogP contribution in [0.15, 0.2) is 30.3 Å². The van der Waals surface area contributed by atoms with E-state index in [0.717, 1.165) is 51.0 Å². The fourth-order valence-corrected chi connectivity index (χ4v) is 5.39. The second kappa shape index (κ2) is 6.60. The lowest BCUT2D eigenvalue weighted by atomic mass is 9.90. The number of benzene rings is 1. The summed E-state index contributed by atoms with van der Waals surface area (Å²) in [6.45, 7) is 1.49. The molecule has 2 N–H and O–H groups in total. The van der Waals surface area contributed by atoms with Crippen molar-refractivity contribution >= 4 is 17.8 Å². The third kappa shape index (κ3) is 3.42. The molecule has 1 aromatic carbocycles. The molecule has 2 heterocycles. The molecule has 1 aliphatic carbocycles. The minimum atomic E-state index is -0.0232. The number of urea groups is 1. The van der Waals surface area contributed by atoms with E-state index in [1.165, 1.54) is 11.3 Å². The Morgan fingerprint density at radius 3 is 2.79 bits per heavy atom. The summed E-state index contributed by atoms with van der Waals surface area (Å²) in [7, 11) is 0. The van der Waals surface area contributed by atoms with E-state index in [-0.39, 0.29) is 23.1 Å². The van der Waals surface area contributed by atoms with E-state index in [0.29, 0.717) is 0 Å². The van der Waals surface area contributed by atoms with Gasteiger partial charge in [-0.25, -0.2) is 4.79 Å². The molecule has 0 radical (unpaired) electrons. The van der Waals surface area contributed by atoms with Crippen molar-refractivity contribution in [3.05, 3.63) is 35.9 Å². The van der Waals surface area contributed by atoms with Gasteiger partial charge in [0.1, 0.15) is 0 Å². The van der Waals surface area contributed by atoms with Crippen molar-refractivity contribution < 1.29 is 9.53 Å². The number of hydrogen-bond donors (Lipinski definition) is 2. The van der Waals surface area contributed by atoms with Crippen molar-refractivity contribution in [2.75, 3.05) is 24.7 Å². The highest BCUT2D eigenvalue weighted by atomic mass is 32.2. The topological polar surface area (TPSA) is 50.4 Å². The Bertz CT molecular complexity index is 582. The molecular formula is C19H26N2O2S. The number of ether oxygens (including phenoxy) is 1. The molecule has 0 unspecified atom stereocenters. The number of amides is 2. The van der Waals surface area contributed by atoms with Gasteiger partial charge in [0.05, 0.1) is 5.60 Å². The van der Waals surface area contributed by atoms with Gasteiger partial charge in [-0.3, -0.25) is 0 Å². The average Bonchev–Trinajstić information content (AvgIpc) is 3.28. The smallest absolute Gasteiger partial charge is 0.315 e. The van der Waals surface area contributed by atoms with Gasteiger partial charge in [-0.1, -0.05) is 30.3 Å². The van der Waals surface area contributed by atoms with Gasteiger partial charge in [0.25, 0.3) is 0 Å². The van der Waals surface area contributed by atoms with Crippen LogP contribution in [-0.4, -0.2) is 42.3 Å². The molecule has 2 amide bonds. The van der Waals surface area contributed by atoms with Crippen molar-refractivity contribution in [3.63, 3.8) is 0 Å². The summed E-state index contributed by atoms with van der Waals surface area (Å²) in [5, 5.41) is 6.30. The molecule has 2 saturated heterocycles. The SMILES string of the molecule is O=C(NCC1(c2ccccc2)CC1)N[C@H]1CCO[C@@]2(CCSC2)C1. The molecule has 3 aliphatic rings. The standard InChI is InChI=1S/C19H26N2O2S/c22-17(20-13-18(7-8-18)15-4-2-1-3-5-15)21-16-6-10-23-19(12-16)9-11-24-14-19/h1-5,16H,6-14H2,(H2,20,21,22)/t16-,19-/m0/s1. The summed E-state index contributed by atoms with van der Waals surface area (Å²) in [6.07, 6.45) is 5.32. The number of rotatable bonds is 4. The Morgan fingerprint density at radius 1 is 1.25 bits per heavy atom. The minimum absolute atomic E-state index is 0.0165. The highest BCUT2D eigenvalue weighted by Gasteiger charge is 2.44. The second-order valence-corrected chi connectivity index (χ2v) is 8.60. The first kappa shape index (κ1) is 16.3. The average molecular weight is 346 g/mol. The summed E-state index contributed by atoms with van der Waals surface area (Å²) < 4.78 is 6.03. The summed E-state index contributed by atoms with van der Waals surface area (Å²) in [4.78, 5) is 12.4. The predicted molar refractivity (Wildman–Crippen MR) is 97.5 cm³/mol. The largest absolute Gasteiger partial charge is 0.374 e. The number of hydrogen-bond acceptors (Lipinski definition) is 3. The molecule has 2 atom stereocenters. The Balaban J connectivity index is 1.28. The van der Waals surface area contributed by atoms with E-state index in [1.54, 1.807) is 0 Å². The summed E-state index contributed by atoms with van der Waals surface area (Å²) in [6, 6.07) is 10.8. The molecule has 1 saturated carbocycles. The second-order valence-electron chi connectivity index (χ2n) is 7.50. The Morgan fingerprint density at radius 2 is 2.08 bits per heavy atom. The molecule has 0 aromatic heterocycles. The van der Waals surface area contributed by atoms with Crippen molar-refractivity contribution in [2.45, 2.75) is 49.2 Å². The van der Waals surface area contributed by atoms with Gasteiger partial charge in [-0.2, -0.15) is 11.8 Å². The first-order valence-corrected chi connectivity index (χ1v) is 10.2. The van der Waals surface area contributed by atoms with Crippen LogP contribution in [0.25, 0.3) is 0 Å². The molecule has 130 valence electrons. The lowest BCUT2D eigenvalue weighted by Gasteiger charge is -2.38. The molecule has 0 bridgehead atoms. The third-order valence-electron chi connectivity index (χ3n) is 5.72. The molecule has 1 spiro atoms. The fourth-order valence-electron chi connectivity index (χ4n) is 4.01. The zero-order chi connectivity index (χ0) is 16.5. The van der Waals surface area contributed by atoms with Crippen molar-refractivity contribution in [1.29, 1.82) is 0 Å². The zero-order valence-electron chi connectivity index (χ0n) is 14.1. The van der Waals surface area contributed by atoms with E-state index < -0.39 is 0 Å². The molecule has 4 nitrogen and oxygen atoms in total. The maximum atomic E-state index is 12.4. The van der Waals surface area contributed by atoms with Crippen LogP contribution < -0.4 is 10.6 Å². The molecule has 5 heteroatoms. The van der Waals surface area contributed by atoms with Gasteiger partial charge >= 0.3 is 6.03 Å². The number of nitrogens with one attached hydrogen (secondary N) is 2. The van der Waals surface area contributed by atoms with Gasteiger partial charge in [0, 0.05) is 30.4 Å². The molecule has 4 rings (SSSR count). The number of carbonyl (C=O) groups is 1. The van der Waals surface area contributed by atoms with Gasteiger partial charge in [-0.15, -0.1) is 0 Å². The van der Waals surface area contributed by atoms with Crippen LogP contribution >= 0.6 is 11.8 Å². The highest BCUT2D eigenvalue weighted by Crippen LogP contribution is 2.47. The fraction of sp³-hybridized carbons (Fsp3) is 0.632. The lowest BCUT2D eigenvalue weighted by molar-refractivity contribution is -0.0684. The van der Waals surface area contributed by atoms with E-state index in [2.05, 4.69) is 34.9 Å². The van der Waals surface area contributed by atoms with Crippen LogP contribution in [0.2, 0.25) is 0 Å². The van der Waals surface area contributed by atoms with Crippen molar-refractivity contribution in [3.8, 4) is 0 Å². The summed E-state index contributed by atoms with van der Waals surface area (Å²) in [5.74, 6) is 2.25. The van der Waals surface area contributed by atoms with E-state index in [4.69, 9.17) is 4.74 Å². The van der Waals surface area contributed by atoms with Crippen LogP contribution in [0.1, 0.15) is 37.7 Å². The number of thioether (sulfide) groups is 1. The van der Waals surface area contributed by atoms with Gasteiger partial charge in [-0.05, 0) is 43.4 Å². The normalized spacial score (nSPS) is 30.9. The first-order chi connectivity index (χ1) is 11.7. The van der Waals surface area contributed by atoms with Crippen molar-refractivity contribution in [2.24, 2.45) is 0 Å². The van der Waals surface area contributed by atoms with Crippen LogP contribution in [-0.2, 0) is 10.2 Å². The molecule has 2 aliphatic heterocycles. The number of carbonyl (C=O) groups excluding carboxylic acids is 1. The van der Waals surface area contributed by atoms with Crippen LogP contribution in [0.3, 0.4) is 0 Å². The van der Waals surface area contributed by atoms with E-state index in [9.17, 15) is 4.79 Å². The lowest BCUT2D eigenvalue weighted by Crippen LogP contribution is -2.51. The molecule has 24 heavy (non-hydrogen) atoms. The first-order valence-electron chi connectivity index (χ1n) is 9.02. The van der Waals surface area contributed by atoms with Gasteiger partial charge < -0.3 is 15.4 Å². The van der Waals surface area contributed by atoms with Crippen molar-refractivity contribution in [1.82, 2.24) is 10.6 Å². The quantitative estimate of drug-likeness (QED) is 0.881. The Kier molecular flexibility index (Phi) is 4.48. The minimum Gasteiger partial charge on any atom is -0.374 e. The maximum absolute atomic E-state index is 12.4. The Labute approximate surface area is 148 Å². The van der Waals surface area contributed by atoms with E-state index >= 15 is 0 Å². The van der Waals surface area contributed by atoms with E-state index in [1.807, 2.05) is 17.8 Å². The molecular weight excluding hydrogens is 320 g/mol. The summed E-state index contributed by atoms with van der Waals surface area (Å²) in [5.41, 5.74) is 1.53. The van der Waals surface area contributed by atoms with Gasteiger partial charge in [0.2, 0.25) is 0 Å². The van der Waals surface area contributed by atoms with Crippen LogP contribution in [0.4, 0.5) is 4.79 Å². The zero-order valence-corrected chi connectivity index (χ0v) is 14.9. The Hall–Kier alpha value is -1.20. The molecule has 1 aromatic rings. The van der Waals surface area contributed by atoms with Crippen LogP contribution in [0.5, 0.6) is 0 Å². The van der Waals surface area contributed by atoms with Gasteiger partial charge in [0.15, 0.2) is 0 Å². The monoisotopic (exact) mass is 346 g/mol. The predicted octanol–water partition coefficient (Wildman–Crippen LogP) is 3.07. The highest BCUT2D eigenvalue weighted by molar-refractivity contribution is 7.99. The van der Waals surface area contributed by atoms with Crippen LogP contribution in [0, 0.1) is 0 Å². The maximum Gasteiger partial charge on any atom is 0.315 e. The molecule has 3 fully saturated rings.